The Morgan fingerprint density at radius 1 is 1.15 bits per heavy atom. The molecule has 0 atom stereocenters. The third-order valence-electron chi connectivity index (χ3n) is 4.23. The number of alkyl halides is 3. The normalized spacial score (nSPS) is 12.6. The lowest BCUT2D eigenvalue weighted by molar-refractivity contribution is -0.137. The van der Waals surface area contributed by atoms with Crippen LogP contribution in [-0.4, -0.2) is 11.2 Å². The Kier molecular flexibility index (Phi) is 6.24. The van der Waals surface area contributed by atoms with Gasteiger partial charge in [0.25, 0.3) is 5.56 Å². The van der Waals surface area contributed by atoms with Crippen molar-refractivity contribution in [2.24, 2.45) is 11.1 Å². The molecule has 2 N–H and O–H groups in total. The van der Waals surface area contributed by atoms with Crippen LogP contribution >= 0.6 is 0 Å². The number of halogens is 3. The fourth-order valence-electron chi connectivity index (χ4n) is 2.97. The first-order chi connectivity index (χ1) is 12.5. The Morgan fingerprint density at radius 3 is 2.33 bits per heavy atom. The Morgan fingerprint density at radius 2 is 1.81 bits per heavy atom. The summed E-state index contributed by atoms with van der Waals surface area (Å²) in [5.41, 5.74) is 4.84. The van der Waals surface area contributed by atoms with E-state index in [1.54, 1.807) is 0 Å². The van der Waals surface area contributed by atoms with Gasteiger partial charge in [-0.3, -0.25) is 4.79 Å². The van der Waals surface area contributed by atoms with E-state index in [-0.39, 0.29) is 17.3 Å². The molecule has 0 radical (unpaired) electrons. The van der Waals surface area contributed by atoms with Crippen LogP contribution in [0, 0.1) is 5.41 Å². The number of fused-ring (bicyclic) bond motifs is 1. The molecule has 0 amide bonds. The minimum Gasteiger partial charge on any atom is -0.491 e. The van der Waals surface area contributed by atoms with Crippen LogP contribution in [0.3, 0.4) is 0 Å². The Labute approximate surface area is 157 Å². The van der Waals surface area contributed by atoms with Crippen LogP contribution in [0.25, 0.3) is 10.8 Å². The molecule has 2 rings (SSSR count). The molecule has 0 aliphatic rings. The molecule has 4 nitrogen and oxygen atoms in total. The standard InChI is InChI=1S/C20H27F3N2O2/c1-5-6-9-27-17-14-8-7-13(20(21,22)23)10-15(14)18(26)25(16(17)11-24)12-19(2,3)4/h7-8,10H,5-6,9,11-12,24H2,1-4H3. The monoisotopic (exact) mass is 384 g/mol. The summed E-state index contributed by atoms with van der Waals surface area (Å²) in [5, 5.41) is 0.368. The lowest BCUT2D eigenvalue weighted by atomic mass is 9.96. The summed E-state index contributed by atoms with van der Waals surface area (Å²) in [6, 6.07) is 3.19. The summed E-state index contributed by atoms with van der Waals surface area (Å²) in [6.07, 6.45) is -2.81. The third kappa shape index (κ3) is 4.83. The van der Waals surface area contributed by atoms with Crippen LogP contribution in [-0.2, 0) is 19.3 Å². The number of rotatable bonds is 6. The zero-order valence-electron chi connectivity index (χ0n) is 16.2. The highest BCUT2D eigenvalue weighted by Gasteiger charge is 2.31. The van der Waals surface area contributed by atoms with Crippen molar-refractivity contribution < 1.29 is 17.9 Å². The van der Waals surface area contributed by atoms with Gasteiger partial charge < -0.3 is 15.0 Å². The predicted octanol–water partition coefficient (Wildman–Crippen LogP) is 4.70. The van der Waals surface area contributed by atoms with E-state index in [0.29, 0.717) is 30.0 Å². The molecule has 2 aromatic rings. The maximum atomic E-state index is 13.2. The van der Waals surface area contributed by atoms with Gasteiger partial charge in [-0.15, -0.1) is 0 Å². The SMILES string of the molecule is CCCCOc1c(CN)n(CC(C)(C)C)c(=O)c2cc(C(F)(F)F)ccc12. The molecule has 0 bridgehead atoms. The molecule has 0 spiro atoms. The lowest BCUT2D eigenvalue weighted by Gasteiger charge is -2.25. The van der Waals surface area contributed by atoms with Crippen LogP contribution in [0.5, 0.6) is 5.75 Å². The van der Waals surface area contributed by atoms with E-state index in [1.165, 1.54) is 10.6 Å². The van der Waals surface area contributed by atoms with E-state index < -0.39 is 17.3 Å². The number of hydrogen-bond donors (Lipinski definition) is 1. The number of aromatic nitrogens is 1. The highest BCUT2D eigenvalue weighted by molar-refractivity contribution is 5.89. The zero-order valence-corrected chi connectivity index (χ0v) is 16.2. The molecule has 27 heavy (non-hydrogen) atoms. The van der Waals surface area contributed by atoms with E-state index >= 15 is 0 Å². The van der Waals surface area contributed by atoms with Gasteiger partial charge in [-0.05, 0) is 30.0 Å². The van der Waals surface area contributed by atoms with Gasteiger partial charge in [0.1, 0.15) is 5.75 Å². The Hall–Kier alpha value is -2.02. The largest absolute Gasteiger partial charge is 0.491 e. The average Bonchev–Trinajstić information content (AvgIpc) is 2.56. The molecular weight excluding hydrogens is 357 g/mol. The molecule has 0 saturated heterocycles. The van der Waals surface area contributed by atoms with Gasteiger partial charge >= 0.3 is 6.18 Å². The third-order valence-corrected chi connectivity index (χ3v) is 4.23. The van der Waals surface area contributed by atoms with Crippen LogP contribution in [0.4, 0.5) is 13.2 Å². The van der Waals surface area contributed by atoms with Gasteiger partial charge in [0.05, 0.1) is 23.3 Å². The van der Waals surface area contributed by atoms with Gasteiger partial charge in [-0.2, -0.15) is 13.2 Å². The first kappa shape index (κ1) is 21.3. The number of benzene rings is 1. The van der Waals surface area contributed by atoms with E-state index in [1.807, 2.05) is 27.7 Å². The molecule has 1 aromatic carbocycles. The first-order valence-corrected chi connectivity index (χ1v) is 9.09. The van der Waals surface area contributed by atoms with Crippen LogP contribution in [0.1, 0.15) is 51.8 Å². The fraction of sp³-hybridized carbons (Fsp3) is 0.550. The second-order valence-electron chi connectivity index (χ2n) is 7.89. The number of nitrogens with zero attached hydrogens (tertiary/aromatic N) is 1. The maximum Gasteiger partial charge on any atom is 0.416 e. The average molecular weight is 384 g/mol. The highest BCUT2D eigenvalue weighted by Crippen LogP contribution is 2.35. The highest BCUT2D eigenvalue weighted by atomic mass is 19.4. The minimum absolute atomic E-state index is 0.00206. The smallest absolute Gasteiger partial charge is 0.416 e. The quantitative estimate of drug-likeness (QED) is 0.734. The summed E-state index contributed by atoms with van der Waals surface area (Å²) in [7, 11) is 0. The van der Waals surface area contributed by atoms with E-state index in [2.05, 4.69) is 0 Å². The molecule has 0 unspecified atom stereocenters. The Balaban J connectivity index is 2.81. The molecular formula is C20H27F3N2O2. The van der Waals surface area contributed by atoms with E-state index in [4.69, 9.17) is 10.5 Å². The maximum absolute atomic E-state index is 13.2. The van der Waals surface area contributed by atoms with Crippen LogP contribution in [0.2, 0.25) is 0 Å². The first-order valence-electron chi connectivity index (χ1n) is 9.09. The molecule has 7 heteroatoms. The van der Waals surface area contributed by atoms with Crippen molar-refractivity contribution in [3.63, 3.8) is 0 Å². The zero-order chi connectivity index (χ0) is 20.4. The van der Waals surface area contributed by atoms with Gasteiger partial charge in [-0.1, -0.05) is 34.1 Å². The van der Waals surface area contributed by atoms with Gasteiger partial charge in [0, 0.05) is 18.5 Å². The molecule has 0 saturated carbocycles. The number of hydrogen-bond acceptors (Lipinski definition) is 3. The molecule has 0 aliphatic carbocycles. The van der Waals surface area contributed by atoms with Gasteiger partial charge in [0.2, 0.25) is 0 Å². The van der Waals surface area contributed by atoms with Crippen molar-refractivity contribution in [2.75, 3.05) is 6.61 Å². The summed E-state index contributed by atoms with van der Waals surface area (Å²) in [6.45, 7) is 8.67. The summed E-state index contributed by atoms with van der Waals surface area (Å²) < 4.78 is 46.8. The topological polar surface area (TPSA) is 57.2 Å². The van der Waals surface area contributed by atoms with Gasteiger partial charge in [0.15, 0.2) is 0 Å². The predicted molar refractivity (Wildman–Crippen MR) is 101 cm³/mol. The fourth-order valence-corrected chi connectivity index (χ4v) is 2.97. The molecule has 1 heterocycles. The van der Waals surface area contributed by atoms with Crippen LogP contribution < -0.4 is 16.0 Å². The molecule has 150 valence electrons. The van der Waals surface area contributed by atoms with Crippen molar-refractivity contribution in [3.8, 4) is 5.75 Å². The minimum atomic E-state index is -4.52. The van der Waals surface area contributed by atoms with Crippen molar-refractivity contribution in [1.82, 2.24) is 4.57 Å². The van der Waals surface area contributed by atoms with Crippen molar-refractivity contribution in [3.05, 3.63) is 39.8 Å². The Bertz CT molecular complexity index is 865. The molecule has 1 aromatic heterocycles. The second-order valence-corrected chi connectivity index (χ2v) is 7.89. The van der Waals surface area contributed by atoms with Crippen molar-refractivity contribution >= 4 is 10.8 Å². The number of ether oxygens (including phenoxy) is 1. The van der Waals surface area contributed by atoms with Crippen LogP contribution in [0.15, 0.2) is 23.0 Å². The number of unbranched alkanes of at least 4 members (excludes halogenated alkanes) is 1. The number of pyridine rings is 1. The van der Waals surface area contributed by atoms with Crippen molar-refractivity contribution in [2.45, 2.75) is 59.8 Å². The van der Waals surface area contributed by atoms with E-state index in [9.17, 15) is 18.0 Å². The molecule has 0 fully saturated rings. The molecule has 0 aliphatic heterocycles. The second kappa shape index (κ2) is 7.92. The summed E-state index contributed by atoms with van der Waals surface area (Å²) in [5.74, 6) is 0.401. The lowest BCUT2D eigenvalue weighted by Crippen LogP contribution is -2.31. The number of nitrogens with two attached hydrogens (primary N) is 1. The summed E-state index contributed by atoms with van der Waals surface area (Å²) >= 11 is 0. The van der Waals surface area contributed by atoms with E-state index in [0.717, 1.165) is 25.0 Å². The van der Waals surface area contributed by atoms with Gasteiger partial charge in [-0.25, -0.2) is 0 Å². The van der Waals surface area contributed by atoms with Crippen molar-refractivity contribution in [1.29, 1.82) is 0 Å². The summed E-state index contributed by atoms with van der Waals surface area (Å²) in [4.78, 5) is 13.0.